The molecule has 0 saturated carbocycles. The lowest BCUT2D eigenvalue weighted by Gasteiger charge is -2.44. The average Bonchev–Trinajstić information content (AvgIpc) is 2.65. The Hall–Kier alpha value is -2.47. The van der Waals surface area contributed by atoms with E-state index in [1.54, 1.807) is 0 Å². The van der Waals surface area contributed by atoms with Gasteiger partial charge in [-0.1, -0.05) is 13.8 Å². The van der Waals surface area contributed by atoms with E-state index in [9.17, 15) is 22.4 Å². The molecule has 5 nitrogen and oxygen atoms in total. The fraction of sp³-hybridized carbons (Fsp3) is 0.526. The van der Waals surface area contributed by atoms with Crippen molar-refractivity contribution in [3.63, 3.8) is 0 Å². The number of carbonyl (C=O) groups is 1. The van der Waals surface area contributed by atoms with Crippen LogP contribution in [0.15, 0.2) is 23.9 Å². The van der Waals surface area contributed by atoms with Crippen molar-refractivity contribution < 1.29 is 22.4 Å². The Morgan fingerprint density at radius 2 is 1.89 bits per heavy atom. The maximum Gasteiger partial charge on any atom is 0.436 e. The highest BCUT2D eigenvalue weighted by molar-refractivity contribution is 5.94. The molecular weight excluding hydrogens is 376 g/mol. The summed E-state index contributed by atoms with van der Waals surface area (Å²) in [5, 5.41) is 8.60. The van der Waals surface area contributed by atoms with Gasteiger partial charge in [-0.15, -0.1) is 0 Å². The van der Waals surface area contributed by atoms with Gasteiger partial charge < -0.3 is 4.90 Å². The summed E-state index contributed by atoms with van der Waals surface area (Å²) in [6.07, 6.45) is -1.30. The Morgan fingerprint density at radius 1 is 1.29 bits per heavy atom. The van der Waals surface area contributed by atoms with E-state index in [1.807, 2.05) is 19.9 Å². The molecule has 1 amide bonds. The van der Waals surface area contributed by atoms with Crippen LogP contribution in [0.4, 0.5) is 17.6 Å². The molecule has 0 spiro atoms. The van der Waals surface area contributed by atoms with Crippen molar-refractivity contribution in [2.75, 3.05) is 26.2 Å². The van der Waals surface area contributed by atoms with Crippen molar-refractivity contribution >= 4 is 5.91 Å². The van der Waals surface area contributed by atoms with E-state index in [0.29, 0.717) is 25.9 Å². The molecule has 0 atom stereocenters. The maximum absolute atomic E-state index is 14.1. The van der Waals surface area contributed by atoms with E-state index in [4.69, 9.17) is 5.26 Å². The Morgan fingerprint density at radius 3 is 2.43 bits per heavy atom. The first kappa shape index (κ1) is 21.8. The molecule has 0 aromatic carbocycles. The summed E-state index contributed by atoms with van der Waals surface area (Å²) in [5.74, 6) is -2.37. The number of nitrogens with zero attached hydrogens (tertiary/aromatic N) is 4. The van der Waals surface area contributed by atoms with Crippen molar-refractivity contribution in [3.05, 3.63) is 41.0 Å². The van der Waals surface area contributed by atoms with Crippen molar-refractivity contribution in [1.82, 2.24) is 14.8 Å². The minimum Gasteiger partial charge on any atom is -0.338 e. The van der Waals surface area contributed by atoms with Crippen LogP contribution in [0.25, 0.3) is 0 Å². The van der Waals surface area contributed by atoms with Crippen LogP contribution < -0.4 is 0 Å². The predicted octanol–water partition coefficient (Wildman–Crippen LogP) is 3.64. The number of halogens is 4. The first-order valence-electron chi connectivity index (χ1n) is 9.14. The molecule has 2 saturated heterocycles. The summed E-state index contributed by atoms with van der Waals surface area (Å²) in [7, 11) is 0. The third kappa shape index (κ3) is 4.68. The SMILES string of the molecule is CC.N#CC=C1CN(C2CCN(C(=O)c3ccnc(C(F)(F)F)c3F)CC2)C1. The summed E-state index contributed by atoms with van der Waals surface area (Å²) < 4.78 is 52.3. The predicted molar refractivity (Wildman–Crippen MR) is 94.7 cm³/mol. The summed E-state index contributed by atoms with van der Waals surface area (Å²) in [6, 6.07) is 3.22. The van der Waals surface area contributed by atoms with Crippen molar-refractivity contribution in [3.8, 4) is 6.07 Å². The average molecular weight is 398 g/mol. The number of pyridine rings is 1. The minimum absolute atomic E-state index is 0.253. The van der Waals surface area contributed by atoms with Crippen molar-refractivity contribution in [1.29, 1.82) is 5.26 Å². The van der Waals surface area contributed by atoms with Gasteiger partial charge in [0.1, 0.15) is 0 Å². The molecule has 1 aromatic rings. The number of rotatable bonds is 2. The third-order valence-electron chi connectivity index (χ3n) is 4.74. The van der Waals surface area contributed by atoms with Crippen LogP contribution in [-0.4, -0.2) is 52.9 Å². The maximum atomic E-state index is 14.1. The molecule has 2 aliphatic heterocycles. The highest BCUT2D eigenvalue weighted by Crippen LogP contribution is 2.31. The fourth-order valence-electron chi connectivity index (χ4n) is 3.33. The Kier molecular flexibility index (Phi) is 7.13. The number of aromatic nitrogens is 1. The van der Waals surface area contributed by atoms with Gasteiger partial charge in [-0.3, -0.25) is 9.69 Å². The zero-order valence-corrected chi connectivity index (χ0v) is 15.8. The Labute approximate surface area is 161 Å². The van der Waals surface area contributed by atoms with Crippen LogP contribution in [0.3, 0.4) is 0 Å². The third-order valence-corrected chi connectivity index (χ3v) is 4.74. The quantitative estimate of drug-likeness (QED) is 0.564. The normalized spacial score (nSPS) is 17.9. The van der Waals surface area contributed by atoms with Crippen LogP contribution >= 0.6 is 0 Å². The second-order valence-corrected chi connectivity index (χ2v) is 6.38. The molecule has 28 heavy (non-hydrogen) atoms. The fourth-order valence-corrected chi connectivity index (χ4v) is 3.33. The number of hydrogen-bond donors (Lipinski definition) is 0. The van der Waals surface area contributed by atoms with Gasteiger partial charge in [-0.05, 0) is 24.5 Å². The van der Waals surface area contributed by atoms with Gasteiger partial charge in [-0.25, -0.2) is 9.37 Å². The summed E-state index contributed by atoms with van der Waals surface area (Å²) >= 11 is 0. The second kappa shape index (κ2) is 9.15. The molecule has 0 unspecified atom stereocenters. The largest absolute Gasteiger partial charge is 0.436 e. The smallest absolute Gasteiger partial charge is 0.338 e. The minimum atomic E-state index is -4.94. The lowest BCUT2D eigenvalue weighted by molar-refractivity contribution is -0.143. The van der Waals surface area contributed by atoms with Gasteiger partial charge >= 0.3 is 6.18 Å². The molecule has 0 radical (unpaired) electrons. The number of likely N-dealkylation sites (tertiary alicyclic amines) is 2. The van der Waals surface area contributed by atoms with Crippen molar-refractivity contribution in [2.24, 2.45) is 0 Å². The zero-order chi connectivity index (χ0) is 20.9. The van der Waals surface area contributed by atoms with Crippen LogP contribution in [0, 0.1) is 17.1 Å². The first-order chi connectivity index (χ1) is 13.3. The molecule has 2 fully saturated rings. The van der Waals surface area contributed by atoms with Gasteiger partial charge in [-0.2, -0.15) is 18.4 Å². The van der Waals surface area contributed by atoms with Crippen molar-refractivity contribution in [2.45, 2.75) is 38.9 Å². The first-order valence-corrected chi connectivity index (χ1v) is 9.14. The van der Waals surface area contributed by atoms with Crippen LogP contribution in [0.1, 0.15) is 42.7 Å². The molecule has 0 aliphatic carbocycles. The number of amides is 1. The van der Waals surface area contributed by atoms with Crippen LogP contribution in [0.5, 0.6) is 0 Å². The molecule has 0 bridgehead atoms. The van der Waals surface area contributed by atoms with Crippen LogP contribution in [0.2, 0.25) is 0 Å². The summed E-state index contributed by atoms with van der Waals surface area (Å²) in [5.41, 5.74) is -1.21. The number of carbonyl (C=O) groups excluding carboxylic acids is 1. The van der Waals surface area contributed by atoms with Gasteiger partial charge in [0.05, 0.1) is 11.6 Å². The lowest BCUT2D eigenvalue weighted by Crippen LogP contribution is -2.52. The van der Waals surface area contributed by atoms with E-state index in [-0.39, 0.29) is 6.04 Å². The number of allylic oxidation sites excluding steroid dienone is 1. The Bertz CT molecular complexity index is 769. The van der Waals surface area contributed by atoms with E-state index in [0.717, 1.165) is 30.9 Å². The van der Waals surface area contributed by atoms with Gasteiger partial charge in [0.25, 0.3) is 5.91 Å². The van der Waals surface area contributed by atoms with E-state index < -0.39 is 29.2 Å². The van der Waals surface area contributed by atoms with E-state index >= 15 is 0 Å². The van der Waals surface area contributed by atoms with E-state index in [1.165, 1.54) is 11.0 Å². The molecule has 152 valence electrons. The second-order valence-electron chi connectivity index (χ2n) is 6.38. The number of alkyl halides is 3. The Balaban J connectivity index is 0.00000136. The lowest BCUT2D eigenvalue weighted by atomic mass is 9.96. The van der Waals surface area contributed by atoms with Gasteiger partial charge in [0, 0.05) is 44.5 Å². The summed E-state index contributed by atoms with van der Waals surface area (Å²) in [4.78, 5) is 19.0. The molecular formula is C19H22F4N4O. The van der Waals surface area contributed by atoms with Gasteiger partial charge in [0.2, 0.25) is 0 Å². The van der Waals surface area contributed by atoms with E-state index in [2.05, 4.69) is 9.88 Å². The molecule has 0 N–H and O–H groups in total. The molecule has 3 rings (SSSR count). The zero-order valence-electron chi connectivity index (χ0n) is 15.8. The molecule has 1 aromatic heterocycles. The number of piperidine rings is 1. The van der Waals surface area contributed by atoms with Crippen LogP contribution in [-0.2, 0) is 6.18 Å². The van der Waals surface area contributed by atoms with Gasteiger partial charge in [0.15, 0.2) is 11.5 Å². The summed E-state index contributed by atoms with van der Waals surface area (Å²) in [6.45, 7) is 6.14. The molecule has 9 heteroatoms. The highest BCUT2D eigenvalue weighted by Gasteiger charge is 2.39. The number of nitriles is 1. The monoisotopic (exact) mass is 398 g/mol. The highest BCUT2D eigenvalue weighted by atomic mass is 19.4. The standard InChI is InChI=1S/C17H16F4N4O.C2H6/c18-14-13(2-6-23-15(14)17(19,20)21)16(26)24-7-3-12(4-8-24)25-9-11(10-25)1-5-22;1-2/h1-2,6,12H,3-4,7-10H2;1-2H3. The topological polar surface area (TPSA) is 60.2 Å². The molecule has 3 heterocycles. The number of hydrogen-bond acceptors (Lipinski definition) is 4. The molecule has 2 aliphatic rings.